The summed E-state index contributed by atoms with van der Waals surface area (Å²) in [6.07, 6.45) is 5.11. The molecule has 0 aromatic carbocycles. The van der Waals surface area contributed by atoms with E-state index in [4.69, 9.17) is 4.74 Å². The zero-order chi connectivity index (χ0) is 11.5. The summed E-state index contributed by atoms with van der Waals surface area (Å²) in [6, 6.07) is 0. The van der Waals surface area contributed by atoms with Crippen LogP contribution in [-0.4, -0.2) is 27.3 Å². The van der Waals surface area contributed by atoms with Gasteiger partial charge in [0.05, 0.1) is 19.0 Å². The van der Waals surface area contributed by atoms with Gasteiger partial charge in [-0.1, -0.05) is 11.3 Å². The highest BCUT2D eigenvalue weighted by atomic mass is 32.1. The van der Waals surface area contributed by atoms with Crippen molar-refractivity contribution in [2.24, 2.45) is 0 Å². The Hall–Kier alpha value is -1.69. The number of thiazole rings is 1. The van der Waals surface area contributed by atoms with E-state index >= 15 is 0 Å². The molecule has 5 nitrogen and oxygen atoms in total. The van der Waals surface area contributed by atoms with E-state index in [0.29, 0.717) is 16.6 Å². The monoisotopic (exact) mass is 237 g/mol. The van der Waals surface area contributed by atoms with Crippen LogP contribution in [0.25, 0.3) is 5.13 Å². The van der Waals surface area contributed by atoms with Crippen LogP contribution in [0, 0.1) is 6.92 Å². The fraction of sp³-hybridized carbons (Fsp3) is 0.300. The Morgan fingerprint density at radius 3 is 3.00 bits per heavy atom. The van der Waals surface area contributed by atoms with Crippen LogP contribution in [0.5, 0.6) is 0 Å². The van der Waals surface area contributed by atoms with Crippen molar-refractivity contribution in [1.29, 1.82) is 0 Å². The molecule has 6 heteroatoms. The normalized spacial score (nSPS) is 10.4. The molecule has 0 saturated carbocycles. The van der Waals surface area contributed by atoms with Crippen molar-refractivity contribution in [3.63, 3.8) is 0 Å². The number of hydrogen-bond donors (Lipinski definition) is 0. The molecule has 84 valence electrons. The average molecular weight is 237 g/mol. The van der Waals surface area contributed by atoms with Crippen LogP contribution < -0.4 is 0 Å². The van der Waals surface area contributed by atoms with E-state index in [1.54, 1.807) is 17.8 Å². The number of aryl methyl sites for hydroxylation is 1. The van der Waals surface area contributed by atoms with Crippen LogP contribution >= 0.6 is 11.3 Å². The van der Waals surface area contributed by atoms with Gasteiger partial charge in [0.25, 0.3) is 0 Å². The minimum Gasteiger partial charge on any atom is -0.462 e. The first kappa shape index (κ1) is 10.8. The third kappa shape index (κ3) is 2.11. The lowest BCUT2D eigenvalue weighted by atomic mass is 10.4. The van der Waals surface area contributed by atoms with Crippen LogP contribution in [0.4, 0.5) is 0 Å². The summed E-state index contributed by atoms with van der Waals surface area (Å²) in [4.78, 5) is 16.0. The van der Waals surface area contributed by atoms with Crippen LogP contribution in [0.15, 0.2) is 18.6 Å². The molecule has 0 unspecified atom stereocenters. The van der Waals surface area contributed by atoms with Gasteiger partial charge < -0.3 is 4.74 Å². The Kier molecular flexibility index (Phi) is 3.00. The number of aromatic nitrogens is 3. The van der Waals surface area contributed by atoms with Gasteiger partial charge in [-0.2, -0.15) is 5.10 Å². The molecule has 2 aromatic heterocycles. The maximum Gasteiger partial charge on any atom is 0.350 e. The Labute approximate surface area is 96.7 Å². The summed E-state index contributed by atoms with van der Waals surface area (Å²) in [5.74, 6) is -0.338. The predicted octanol–water partition coefficient (Wildman–Crippen LogP) is 1.81. The second kappa shape index (κ2) is 4.44. The molecule has 0 amide bonds. The summed E-state index contributed by atoms with van der Waals surface area (Å²) in [7, 11) is 0. The minimum absolute atomic E-state index is 0.338. The van der Waals surface area contributed by atoms with E-state index in [0.717, 1.165) is 5.56 Å². The number of rotatable bonds is 3. The van der Waals surface area contributed by atoms with E-state index in [-0.39, 0.29) is 5.97 Å². The fourth-order valence-electron chi connectivity index (χ4n) is 1.18. The van der Waals surface area contributed by atoms with Gasteiger partial charge in [0.2, 0.25) is 5.13 Å². The standard InChI is InChI=1S/C10H11N3O2S/c1-3-15-9(14)8-5-11-10(16-8)13-6-7(2)4-12-13/h4-6H,3H2,1-2H3. The number of esters is 1. The zero-order valence-corrected chi connectivity index (χ0v) is 9.82. The highest BCUT2D eigenvalue weighted by Gasteiger charge is 2.12. The van der Waals surface area contributed by atoms with Gasteiger partial charge in [0, 0.05) is 6.20 Å². The second-order valence-electron chi connectivity index (χ2n) is 3.19. The van der Waals surface area contributed by atoms with E-state index in [2.05, 4.69) is 10.1 Å². The van der Waals surface area contributed by atoms with Crippen LogP contribution in [0.3, 0.4) is 0 Å². The molecular formula is C10H11N3O2S. The highest BCUT2D eigenvalue weighted by molar-refractivity contribution is 7.15. The maximum absolute atomic E-state index is 11.4. The van der Waals surface area contributed by atoms with Gasteiger partial charge in [0.15, 0.2) is 0 Å². The van der Waals surface area contributed by atoms with Gasteiger partial charge in [0.1, 0.15) is 4.88 Å². The Morgan fingerprint density at radius 1 is 1.56 bits per heavy atom. The van der Waals surface area contributed by atoms with E-state index in [9.17, 15) is 4.79 Å². The van der Waals surface area contributed by atoms with Crippen molar-refractivity contribution >= 4 is 17.3 Å². The smallest absolute Gasteiger partial charge is 0.350 e. The van der Waals surface area contributed by atoms with Crippen LogP contribution in [0.2, 0.25) is 0 Å². The Balaban J connectivity index is 2.22. The molecule has 0 radical (unpaired) electrons. The van der Waals surface area contributed by atoms with E-state index in [1.807, 2.05) is 13.1 Å². The summed E-state index contributed by atoms with van der Waals surface area (Å²) in [5.41, 5.74) is 1.05. The molecule has 2 heterocycles. The molecule has 2 rings (SSSR count). The molecule has 0 saturated heterocycles. The third-order valence-corrected chi connectivity index (χ3v) is 2.84. The largest absolute Gasteiger partial charge is 0.462 e. The minimum atomic E-state index is -0.338. The van der Waals surface area contributed by atoms with E-state index in [1.165, 1.54) is 17.5 Å². The molecule has 0 spiro atoms. The predicted molar refractivity (Wildman–Crippen MR) is 59.9 cm³/mol. The lowest BCUT2D eigenvalue weighted by Gasteiger charge is -1.96. The first-order chi connectivity index (χ1) is 7.70. The molecule has 0 atom stereocenters. The summed E-state index contributed by atoms with van der Waals surface area (Å²) in [5, 5.41) is 4.78. The second-order valence-corrected chi connectivity index (χ2v) is 4.20. The Morgan fingerprint density at radius 2 is 2.38 bits per heavy atom. The fourth-order valence-corrected chi connectivity index (χ4v) is 1.93. The lowest BCUT2D eigenvalue weighted by Crippen LogP contribution is -2.01. The van der Waals surface area contributed by atoms with Crippen molar-refractivity contribution in [2.45, 2.75) is 13.8 Å². The summed E-state index contributed by atoms with van der Waals surface area (Å²) >= 11 is 1.26. The molecule has 2 aromatic rings. The summed E-state index contributed by atoms with van der Waals surface area (Å²) in [6.45, 7) is 4.09. The maximum atomic E-state index is 11.4. The van der Waals surface area contributed by atoms with Crippen LogP contribution in [-0.2, 0) is 4.74 Å². The van der Waals surface area contributed by atoms with Gasteiger partial charge in [-0.05, 0) is 19.4 Å². The van der Waals surface area contributed by atoms with Crippen molar-refractivity contribution < 1.29 is 9.53 Å². The van der Waals surface area contributed by atoms with Gasteiger partial charge >= 0.3 is 5.97 Å². The molecule has 16 heavy (non-hydrogen) atoms. The van der Waals surface area contributed by atoms with Crippen molar-refractivity contribution in [3.8, 4) is 5.13 Å². The number of carbonyl (C=O) groups is 1. The molecule has 0 fully saturated rings. The Bertz CT molecular complexity index is 504. The van der Waals surface area contributed by atoms with E-state index < -0.39 is 0 Å². The molecule has 0 aliphatic carbocycles. The molecule has 0 aliphatic rings. The third-order valence-electron chi connectivity index (χ3n) is 1.88. The first-order valence-electron chi connectivity index (χ1n) is 4.85. The van der Waals surface area contributed by atoms with Crippen molar-refractivity contribution in [1.82, 2.24) is 14.8 Å². The molecule has 0 N–H and O–H groups in total. The van der Waals surface area contributed by atoms with Gasteiger partial charge in [-0.15, -0.1) is 0 Å². The van der Waals surface area contributed by atoms with Crippen molar-refractivity contribution in [2.75, 3.05) is 6.61 Å². The number of hydrogen-bond acceptors (Lipinski definition) is 5. The zero-order valence-electron chi connectivity index (χ0n) is 9.01. The number of ether oxygens (including phenoxy) is 1. The number of nitrogens with zero attached hydrogens (tertiary/aromatic N) is 3. The van der Waals surface area contributed by atoms with Crippen molar-refractivity contribution in [3.05, 3.63) is 29.0 Å². The highest BCUT2D eigenvalue weighted by Crippen LogP contribution is 2.17. The van der Waals surface area contributed by atoms with Crippen LogP contribution in [0.1, 0.15) is 22.2 Å². The number of carbonyl (C=O) groups excluding carboxylic acids is 1. The van der Waals surface area contributed by atoms with Gasteiger partial charge in [-0.25, -0.2) is 14.5 Å². The molecule has 0 bridgehead atoms. The SMILES string of the molecule is CCOC(=O)c1cnc(-n2cc(C)cn2)s1. The topological polar surface area (TPSA) is 57.0 Å². The summed E-state index contributed by atoms with van der Waals surface area (Å²) < 4.78 is 6.53. The average Bonchev–Trinajstić information content (AvgIpc) is 2.85. The first-order valence-corrected chi connectivity index (χ1v) is 5.67. The van der Waals surface area contributed by atoms with Gasteiger partial charge in [-0.3, -0.25) is 0 Å². The lowest BCUT2D eigenvalue weighted by molar-refractivity contribution is 0.0532. The molecular weight excluding hydrogens is 226 g/mol. The quantitative estimate of drug-likeness (QED) is 0.764. The molecule has 0 aliphatic heterocycles.